The van der Waals surface area contributed by atoms with Gasteiger partial charge in [0.1, 0.15) is 0 Å². The second kappa shape index (κ2) is 12.0. The van der Waals surface area contributed by atoms with Gasteiger partial charge in [0.15, 0.2) is 0 Å². The fraction of sp³-hybridized carbons (Fsp3) is 0.250. The van der Waals surface area contributed by atoms with Gasteiger partial charge >= 0.3 is 0 Å². The summed E-state index contributed by atoms with van der Waals surface area (Å²) in [5.74, 6) is -0.560. The molecule has 3 N–H and O–H groups in total. The van der Waals surface area contributed by atoms with Crippen molar-refractivity contribution < 1.29 is 19.1 Å². The summed E-state index contributed by atoms with van der Waals surface area (Å²) in [7, 11) is 1.72. The smallest absolute Gasteiger partial charge is 0.258 e. The van der Waals surface area contributed by atoms with Crippen molar-refractivity contribution in [2.24, 2.45) is 0 Å². The van der Waals surface area contributed by atoms with Crippen LogP contribution in [0.15, 0.2) is 78.9 Å². The van der Waals surface area contributed by atoms with E-state index in [9.17, 15) is 14.4 Å². The highest BCUT2D eigenvalue weighted by Gasteiger charge is 2.17. The number of amides is 3. The Morgan fingerprint density at radius 2 is 1.69 bits per heavy atom. The molecule has 4 rings (SSSR count). The first kappa shape index (κ1) is 24.9. The Bertz CT molecular complexity index is 1190. The molecule has 1 unspecified atom stereocenters. The van der Waals surface area contributed by atoms with Crippen molar-refractivity contribution >= 4 is 34.8 Å². The summed E-state index contributed by atoms with van der Waals surface area (Å²) in [4.78, 5) is 39.1. The molecule has 8 heteroatoms. The standard InChI is InChI=1S/C28H30N4O4/c1-32(24-9-3-2-4-10-24)28(35)20-12-14-22(15-13-20)31-26(33)19-29-23-8-5-7-21(17-23)27(34)30-18-25-11-6-16-36-25/h2-5,7-10,12-15,17,25,29H,6,11,16,18-19H2,1H3,(H,30,34)(H,31,33). The second-order valence-corrected chi connectivity index (χ2v) is 8.60. The highest BCUT2D eigenvalue weighted by molar-refractivity contribution is 6.06. The number of ether oxygens (including phenoxy) is 1. The van der Waals surface area contributed by atoms with E-state index in [1.165, 1.54) is 0 Å². The van der Waals surface area contributed by atoms with E-state index < -0.39 is 0 Å². The van der Waals surface area contributed by atoms with Crippen LogP contribution in [0.3, 0.4) is 0 Å². The molecule has 36 heavy (non-hydrogen) atoms. The molecule has 0 saturated carbocycles. The minimum atomic E-state index is -0.247. The molecular weight excluding hydrogens is 456 g/mol. The predicted molar refractivity (Wildman–Crippen MR) is 140 cm³/mol. The van der Waals surface area contributed by atoms with Gasteiger partial charge in [0, 0.05) is 48.4 Å². The van der Waals surface area contributed by atoms with Crippen molar-refractivity contribution in [1.82, 2.24) is 5.32 Å². The lowest BCUT2D eigenvalue weighted by Gasteiger charge is -2.17. The van der Waals surface area contributed by atoms with Gasteiger partial charge in [0.05, 0.1) is 12.6 Å². The van der Waals surface area contributed by atoms with Crippen LogP contribution >= 0.6 is 0 Å². The van der Waals surface area contributed by atoms with E-state index in [1.807, 2.05) is 30.3 Å². The van der Waals surface area contributed by atoms with E-state index in [4.69, 9.17) is 4.74 Å². The van der Waals surface area contributed by atoms with Gasteiger partial charge in [0.2, 0.25) is 5.91 Å². The molecular formula is C28H30N4O4. The summed E-state index contributed by atoms with van der Waals surface area (Å²) in [6.07, 6.45) is 2.06. The van der Waals surface area contributed by atoms with Gasteiger partial charge in [0.25, 0.3) is 11.8 Å². The Hall–Kier alpha value is -4.17. The molecule has 8 nitrogen and oxygen atoms in total. The predicted octanol–water partition coefficient (Wildman–Crippen LogP) is 3.92. The minimum absolute atomic E-state index is 0.0262. The molecule has 1 aliphatic heterocycles. The first-order valence-electron chi connectivity index (χ1n) is 12.0. The number of anilines is 3. The van der Waals surface area contributed by atoms with Gasteiger partial charge in [-0.2, -0.15) is 0 Å². The topological polar surface area (TPSA) is 99.8 Å². The fourth-order valence-electron chi connectivity index (χ4n) is 3.93. The molecule has 3 aromatic rings. The van der Waals surface area contributed by atoms with Gasteiger partial charge in [-0.15, -0.1) is 0 Å². The van der Waals surface area contributed by atoms with E-state index >= 15 is 0 Å². The molecule has 0 aliphatic carbocycles. The molecule has 0 radical (unpaired) electrons. The molecule has 1 fully saturated rings. The Morgan fingerprint density at radius 1 is 0.917 bits per heavy atom. The zero-order chi connectivity index (χ0) is 25.3. The monoisotopic (exact) mass is 486 g/mol. The Kier molecular flexibility index (Phi) is 8.31. The highest BCUT2D eigenvalue weighted by Crippen LogP contribution is 2.17. The molecule has 3 aromatic carbocycles. The zero-order valence-corrected chi connectivity index (χ0v) is 20.2. The lowest BCUT2D eigenvalue weighted by atomic mass is 10.1. The van der Waals surface area contributed by atoms with E-state index in [0.717, 1.165) is 25.1 Å². The van der Waals surface area contributed by atoms with E-state index in [1.54, 1.807) is 60.5 Å². The maximum Gasteiger partial charge on any atom is 0.258 e. The number of carbonyl (C=O) groups excluding carboxylic acids is 3. The van der Waals surface area contributed by atoms with E-state index in [-0.39, 0.29) is 30.4 Å². The summed E-state index contributed by atoms with van der Waals surface area (Å²) in [5, 5.41) is 8.75. The Labute approximate surface area is 210 Å². The average Bonchev–Trinajstić information content (AvgIpc) is 3.45. The number of nitrogens with zero attached hydrogens (tertiary/aromatic N) is 1. The van der Waals surface area contributed by atoms with Crippen LogP contribution < -0.4 is 20.9 Å². The molecule has 0 bridgehead atoms. The third kappa shape index (κ3) is 6.70. The van der Waals surface area contributed by atoms with Crippen LogP contribution in [0.25, 0.3) is 0 Å². The molecule has 186 valence electrons. The molecule has 1 saturated heterocycles. The second-order valence-electron chi connectivity index (χ2n) is 8.60. The largest absolute Gasteiger partial charge is 0.376 e. The molecule has 0 aromatic heterocycles. The normalized spacial score (nSPS) is 14.6. The fourth-order valence-corrected chi connectivity index (χ4v) is 3.93. The zero-order valence-electron chi connectivity index (χ0n) is 20.2. The van der Waals surface area contributed by atoms with Crippen LogP contribution in [-0.4, -0.2) is 50.6 Å². The molecule has 0 spiro atoms. The maximum absolute atomic E-state index is 12.7. The van der Waals surface area contributed by atoms with Gasteiger partial charge in [-0.3, -0.25) is 14.4 Å². The first-order chi connectivity index (χ1) is 17.5. The number of hydrogen-bond acceptors (Lipinski definition) is 5. The van der Waals surface area contributed by atoms with Crippen LogP contribution in [0.5, 0.6) is 0 Å². The number of carbonyl (C=O) groups is 3. The van der Waals surface area contributed by atoms with Crippen molar-refractivity contribution in [3.8, 4) is 0 Å². The van der Waals surface area contributed by atoms with Crippen LogP contribution in [-0.2, 0) is 9.53 Å². The van der Waals surface area contributed by atoms with Gasteiger partial charge in [-0.1, -0.05) is 24.3 Å². The van der Waals surface area contributed by atoms with Crippen molar-refractivity contribution in [2.75, 3.05) is 42.3 Å². The summed E-state index contributed by atoms with van der Waals surface area (Å²) in [6, 6.07) is 23.2. The van der Waals surface area contributed by atoms with Crippen LogP contribution in [0, 0.1) is 0 Å². The molecule has 1 atom stereocenters. The minimum Gasteiger partial charge on any atom is -0.376 e. The first-order valence-corrected chi connectivity index (χ1v) is 12.0. The lowest BCUT2D eigenvalue weighted by Crippen LogP contribution is -2.31. The summed E-state index contributed by atoms with van der Waals surface area (Å²) < 4.78 is 5.53. The van der Waals surface area contributed by atoms with Gasteiger partial charge in [-0.05, 0) is 67.4 Å². The number of nitrogens with one attached hydrogen (secondary N) is 3. The summed E-state index contributed by atoms with van der Waals surface area (Å²) in [5.41, 5.74) is 3.09. The quantitative estimate of drug-likeness (QED) is 0.426. The Balaban J connectivity index is 1.26. The summed E-state index contributed by atoms with van der Waals surface area (Å²) >= 11 is 0. The van der Waals surface area contributed by atoms with Crippen LogP contribution in [0.2, 0.25) is 0 Å². The van der Waals surface area contributed by atoms with Crippen molar-refractivity contribution in [1.29, 1.82) is 0 Å². The number of hydrogen-bond donors (Lipinski definition) is 3. The van der Waals surface area contributed by atoms with Gasteiger partial charge in [-0.25, -0.2) is 0 Å². The van der Waals surface area contributed by atoms with E-state index in [0.29, 0.717) is 29.0 Å². The molecule has 1 aliphatic rings. The van der Waals surface area contributed by atoms with Crippen molar-refractivity contribution in [3.63, 3.8) is 0 Å². The molecule has 3 amide bonds. The molecule has 1 heterocycles. The highest BCUT2D eigenvalue weighted by atomic mass is 16.5. The van der Waals surface area contributed by atoms with E-state index in [2.05, 4.69) is 16.0 Å². The average molecular weight is 487 g/mol. The summed E-state index contributed by atoms with van der Waals surface area (Å²) in [6.45, 7) is 1.26. The number of para-hydroxylation sites is 1. The lowest BCUT2D eigenvalue weighted by molar-refractivity contribution is -0.114. The number of benzene rings is 3. The van der Waals surface area contributed by atoms with Crippen molar-refractivity contribution in [3.05, 3.63) is 90.0 Å². The van der Waals surface area contributed by atoms with Gasteiger partial charge < -0.3 is 25.6 Å². The van der Waals surface area contributed by atoms with Crippen molar-refractivity contribution in [2.45, 2.75) is 18.9 Å². The SMILES string of the molecule is CN(C(=O)c1ccc(NC(=O)CNc2cccc(C(=O)NCC3CCCO3)c2)cc1)c1ccccc1. The maximum atomic E-state index is 12.7. The third-order valence-electron chi connectivity index (χ3n) is 5.96. The number of rotatable bonds is 9. The Morgan fingerprint density at radius 3 is 2.42 bits per heavy atom. The van der Waals surface area contributed by atoms with Crippen LogP contribution in [0.4, 0.5) is 17.1 Å². The van der Waals surface area contributed by atoms with Crippen LogP contribution in [0.1, 0.15) is 33.6 Å². The third-order valence-corrected chi connectivity index (χ3v) is 5.96.